The number of rotatable bonds is 3. The third-order valence-corrected chi connectivity index (χ3v) is 0.792. The minimum absolute atomic E-state index is 0.231. The molecule has 0 saturated carbocycles. The second kappa shape index (κ2) is 11.5. The minimum atomic E-state index is -1.21. The molecular formula is C8H16O6. The van der Waals surface area contributed by atoms with Crippen molar-refractivity contribution in [3.05, 3.63) is 0 Å². The lowest BCUT2D eigenvalue weighted by atomic mass is 10.8. The van der Waals surface area contributed by atoms with Crippen LogP contribution >= 0.6 is 0 Å². The summed E-state index contributed by atoms with van der Waals surface area (Å²) in [5, 5.41) is 7.69. The Kier molecular flexibility index (Phi) is 12.4. The van der Waals surface area contributed by atoms with Crippen LogP contribution in [0.2, 0.25) is 0 Å². The maximum atomic E-state index is 10.2. The van der Waals surface area contributed by atoms with Crippen LogP contribution in [0.25, 0.3) is 0 Å². The number of hydrogen-bond donors (Lipinski definition) is 1. The van der Waals surface area contributed by atoms with E-state index >= 15 is 0 Å². The highest BCUT2D eigenvalue weighted by Crippen LogP contribution is 1.81. The molecule has 0 fully saturated rings. The molecule has 0 radical (unpaired) electrons. The first-order valence-electron chi connectivity index (χ1n) is 4.23. The summed E-state index contributed by atoms with van der Waals surface area (Å²) in [5.74, 6) is 0. The lowest BCUT2D eigenvalue weighted by Gasteiger charge is -1.98. The Bertz CT molecular complexity index is 148. The van der Waals surface area contributed by atoms with Gasteiger partial charge >= 0.3 is 12.3 Å². The van der Waals surface area contributed by atoms with Gasteiger partial charge in [-0.1, -0.05) is 0 Å². The standard InChI is InChI=1S/C5H10O3.C3H6O3/c1-3-7-5(6)8-4-2;1-2-6-3(4)5/h3-4H2,1-2H3;2H2,1H3,(H,4,5). The quantitative estimate of drug-likeness (QED) is 0.713. The monoisotopic (exact) mass is 208 g/mol. The van der Waals surface area contributed by atoms with Gasteiger partial charge in [-0.3, -0.25) is 0 Å². The highest BCUT2D eigenvalue weighted by Gasteiger charge is 1.96. The molecule has 0 rings (SSSR count). The Morgan fingerprint density at radius 1 is 0.929 bits per heavy atom. The third kappa shape index (κ3) is 16.9. The maximum Gasteiger partial charge on any atom is 0.508 e. The molecule has 6 heteroatoms. The molecular weight excluding hydrogens is 192 g/mol. The van der Waals surface area contributed by atoms with Crippen molar-refractivity contribution in [2.75, 3.05) is 19.8 Å². The van der Waals surface area contributed by atoms with Crippen LogP contribution in [0.5, 0.6) is 0 Å². The van der Waals surface area contributed by atoms with Crippen LogP contribution in [0.3, 0.4) is 0 Å². The fraction of sp³-hybridized carbons (Fsp3) is 0.750. The average Bonchev–Trinajstić information content (AvgIpc) is 2.05. The smallest absolute Gasteiger partial charge is 0.450 e. The van der Waals surface area contributed by atoms with Gasteiger partial charge in [-0.15, -0.1) is 0 Å². The van der Waals surface area contributed by atoms with E-state index in [9.17, 15) is 9.59 Å². The second-order valence-electron chi connectivity index (χ2n) is 1.81. The van der Waals surface area contributed by atoms with Crippen LogP contribution < -0.4 is 0 Å². The Hall–Kier alpha value is -1.46. The third-order valence-electron chi connectivity index (χ3n) is 0.792. The first kappa shape index (κ1) is 15.0. The molecule has 0 aromatic carbocycles. The van der Waals surface area contributed by atoms with Gasteiger partial charge < -0.3 is 19.3 Å². The Morgan fingerprint density at radius 3 is 1.43 bits per heavy atom. The van der Waals surface area contributed by atoms with Crippen LogP contribution in [-0.2, 0) is 14.2 Å². The van der Waals surface area contributed by atoms with E-state index < -0.39 is 12.3 Å². The van der Waals surface area contributed by atoms with E-state index in [0.29, 0.717) is 13.2 Å². The van der Waals surface area contributed by atoms with Crippen molar-refractivity contribution in [1.29, 1.82) is 0 Å². The van der Waals surface area contributed by atoms with Gasteiger partial charge in [-0.05, 0) is 20.8 Å². The number of hydrogen-bond acceptors (Lipinski definition) is 5. The van der Waals surface area contributed by atoms with E-state index in [2.05, 4.69) is 14.2 Å². The molecule has 84 valence electrons. The van der Waals surface area contributed by atoms with Gasteiger partial charge in [0.15, 0.2) is 0 Å². The zero-order valence-corrected chi connectivity index (χ0v) is 8.61. The van der Waals surface area contributed by atoms with Gasteiger partial charge in [-0.25, -0.2) is 9.59 Å². The number of carbonyl (C=O) groups is 2. The van der Waals surface area contributed by atoms with E-state index in [1.54, 1.807) is 20.8 Å². The van der Waals surface area contributed by atoms with Gasteiger partial charge in [0.25, 0.3) is 0 Å². The Balaban J connectivity index is 0. The molecule has 0 atom stereocenters. The van der Waals surface area contributed by atoms with Crippen LogP contribution in [-0.4, -0.2) is 37.2 Å². The van der Waals surface area contributed by atoms with Crippen LogP contribution in [0.15, 0.2) is 0 Å². The van der Waals surface area contributed by atoms with Gasteiger partial charge in [-0.2, -0.15) is 0 Å². The molecule has 1 N–H and O–H groups in total. The topological polar surface area (TPSA) is 82.1 Å². The molecule has 0 amide bonds. The summed E-state index contributed by atoms with van der Waals surface area (Å²) >= 11 is 0. The number of ether oxygens (including phenoxy) is 3. The normalized spacial score (nSPS) is 7.93. The SMILES string of the molecule is CCOC(=O)O.CCOC(=O)OCC. The molecule has 14 heavy (non-hydrogen) atoms. The number of carbonyl (C=O) groups excluding carboxylic acids is 1. The maximum absolute atomic E-state index is 10.2. The Morgan fingerprint density at radius 2 is 1.29 bits per heavy atom. The zero-order valence-electron chi connectivity index (χ0n) is 8.61. The van der Waals surface area contributed by atoms with Crippen molar-refractivity contribution < 1.29 is 28.9 Å². The molecule has 0 aliphatic heterocycles. The van der Waals surface area contributed by atoms with E-state index in [-0.39, 0.29) is 6.61 Å². The largest absolute Gasteiger partial charge is 0.508 e. The summed E-state index contributed by atoms with van der Waals surface area (Å²) in [7, 11) is 0. The van der Waals surface area contributed by atoms with E-state index in [0.717, 1.165) is 0 Å². The summed E-state index contributed by atoms with van der Waals surface area (Å²) in [6.45, 7) is 6.06. The van der Waals surface area contributed by atoms with Crippen molar-refractivity contribution in [2.24, 2.45) is 0 Å². The van der Waals surface area contributed by atoms with Crippen LogP contribution in [0.4, 0.5) is 9.59 Å². The van der Waals surface area contributed by atoms with Gasteiger partial charge in [0.2, 0.25) is 0 Å². The molecule has 0 unspecified atom stereocenters. The second-order valence-corrected chi connectivity index (χ2v) is 1.81. The van der Waals surface area contributed by atoms with E-state index in [4.69, 9.17) is 5.11 Å². The number of carboxylic acid groups (broad SMARTS) is 1. The zero-order chi connectivity index (χ0) is 11.4. The van der Waals surface area contributed by atoms with Crippen molar-refractivity contribution in [2.45, 2.75) is 20.8 Å². The fourth-order valence-corrected chi connectivity index (χ4v) is 0.401. The summed E-state index contributed by atoms with van der Waals surface area (Å²) in [4.78, 5) is 19.6. The molecule has 0 heterocycles. The average molecular weight is 208 g/mol. The molecule has 0 spiro atoms. The molecule has 0 saturated heterocycles. The minimum Gasteiger partial charge on any atom is -0.450 e. The van der Waals surface area contributed by atoms with Crippen molar-refractivity contribution in [3.8, 4) is 0 Å². The summed E-state index contributed by atoms with van der Waals surface area (Å²) in [6.07, 6.45) is -1.80. The highest BCUT2D eigenvalue weighted by atomic mass is 16.7. The lowest BCUT2D eigenvalue weighted by molar-refractivity contribution is 0.0630. The van der Waals surface area contributed by atoms with Crippen molar-refractivity contribution in [3.63, 3.8) is 0 Å². The van der Waals surface area contributed by atoms with Crippen LogP contribution in [0, 0.1) is 0 Å². The summed E-state index contributed by atoms with van der Waals surface area (Å²) < 4.78 is 12.8. The van der Waals surface area contributed by atoms with Gasteiger partial charge in [0.1, 0.15) is 0 Å². The highest BCUT2D eigenvalue weighted by molar-refractivity contribution is 5.59. The molecule has 0 aromatic heterocycles. The van der Waals surface area contributed by atoms with E-state index in [1.165, 1.54) is 0 Å². The predicted octanol–water partition coefficient (Wildman–Crippen LogP) is 1.88. The van der Waals surface area contributed by atoms with E-state index in [1.807, 2.05) is 0 Å². The van der Waals surface area contributed by atoms with Crippen molar-refractivity contribution in [1.82, 2.24) is 0 Å². The first-order valence-corrected chi connectivity index (χ1v) is 4.23. The molecule has 6 nitrogen and oxygen atoms in total. The Labute approximate surface area is 82.8 Å². The molecule has 0 aliphatic rings. The van der Waals surface area contributed by atoms with Crippen LogP contribution in [0.1, 0.15) is 20.8 Å². The first-order chi connectivity index (χ1) is 6.58. The summed E-state index contributed by atoms with van der Waals surface area (Å²) in [5.41, 5.74) is 0. The summed E-state index contributed by atoms with van der Waals surface area (Å²) in [6, 6.07) is 0. The van der Waals surface area contributed by atoms with Gasteiger partial charge in [0, 0.05) is 0 Å². The molecule has 0 bridgehead atoms. The molecule has 0 aliphatic carbocycles. The predicted molar refractivity (Wildman–Crippen MR) is 48.3 cm³/mol. The fourth-order valence-electron chi connectivity index (χ4n) is 0.401. The lowest BCUT2D eigenvalue weighted by Crippen LogP contribution is -2.05. The van der Waals surface area contributed by atoms with Crippen molar-refractivity contribution >= 4 is 12.3 Å². The molecule has 0 aromatic rings. The van der Waals surface area contributed by atoms with Gasteiger partial charge in [0.05, 0.1) is 19.8 Å².